The molecule has 3 aromatic rings. The number of benzene rings is 2. The lowest BCUT2D eigenvalue weighted by Crippen LogP contribution is -2.30. The molecular weight excluding hydrogens is 580 g/mol. The number of halogens is 1. The molecule has 1 heterocycles. The van der Waals surface area contributed by atoms with Crippen molar-refractivity contribution in [2.45, 2.75) is 47.8 Å². The number of nitrogens with zero attached hydrogens (tertiary/aromatic N) is 3. The fraction of sp³-hybridized carbons (Fsp3) is 0.353. The van der Waals surface area contributed by atoms with Gasteiger partial charge in [-0.15, -0.1) is 0 Å². The van der Waals surface area contributed by atoms with E-state index in [1.165, 1.54) is 5.57 Å². The van der Waals surface area contributed by atoms with Gasteiger partial charge in [-0.2, -0.15) is 0 Å². The monoisotopic (exact) mass is 620 g/mol. The number of hydrogen-bond acceptors (Lipinski definition) is 8. The fourth-order valence-electron chi connectivity index (χ4n) is 4.86. The molecule has 0 saturated heterocycles. The summed E-state index contributed by atoms with van der Waals surface area (Å²) in [5, 5.41) is 13.8. The molecule has 44 heavy (non-hydrogen) atoms. The number of esters is 1. The molecule has 9 nitrogen and oxygen atoms in total. The smallest absolute Gasteiger partial charge is 0.310 e. The van der Waals surface area contributed by atoms with Gasteiger partial charge in [0.05, 0.1) is 10.8 Å². The van der Waals surface area contributed by atoms with Crippen molar-refractivity contribution in [3.8, 4) is 11.5 Å². The van der Waals surface area contributed by atoms with Gasteiger partial charge in [-0.1, -0.05) is 73.5 Å². The predicted octanol–water partition coefficient (Wildman–Crippen LogP) is 7.61. The summed E-state index contributed by atoms with van der Waals surface area (Å²) >= 11 is 5.70. The number of nitro groups is 1. The molecule has 234 valence electrons. The van der Waals surface area contributed by atoms with Crippen LogP contribution in [0.15, 0.2) is 96.6 Å². The van der Waals surface area contributed by atoms with Gasteiger partial charge in [0.2, 0.25) is 0 Å². The SMILES string of the molecule is CC(C)=CC1C(C(=O)OCc2cccc(Oc3ccccc3)c2)C1(C)C.CCN(Cc1ccc(Cl)nc1)/C(=C/[N+](=O)[O-])NC. The summed E-state index contributed by atoms with van der Waals surface area (Å²) < 4.78 is 11.4. The molecule has 0 aliphatic heterocycles. The molecule has 1 N–H and O–H groups in total. The highest BCUT2D eigenvalue weighted by Gasteiger charge is 2.61. The Bertz CT molecular complexity index is 1450. The molecule has 0 radical (unpaired) electrons. The van der Waals surface area contributed by atoms with Gasteiger partial charge in [-0.3, -0.25) is 14.9 Å². The third-order valence-corrected chi connectivity index (χ3v) is 7.53. The van der Waals surface area contributed by atoms with Crippen LogP contribution in [-0.4, -0.2) is 34.4 Å². The summed E-state index contributed by atoms with van der Waals surface area (Å²) in [6.07, 6.45) is 4.79. The van der Waals surface area contributed by atoms with E-state index in [9.17, 15) is 14.9 Å². The molecule has 10 heteroatoms. The maximum Gasteiger partial charge on any atom is 0.310 e. The predicted molar refractivity (Wildman–Crippen MR) is 172 cm³/mol. The van der Waals surface area contributed by atoms with E-state index >= 15 is 0 Å². The Hall–Kier alpha value is -4.37. The fourth-order valence-corrected chi connectivity index (χ4v) is 4.97. The lowest BCUT2D eigenvalue weighted by Gasteiger charge is -2.23. The number of hydrogen-bond donors (Lipinski definition) is 1. The van der Waals surface area contributed by atoms with E-state index in [0.29, 0.717) is 24.1 Å². The molecule has 2 unspecified atom stereocenters. The number of nitrogens with one attached hydrogen (secondary N) is 1. The first-order chi connectivity index (χ1) is 20.9. The quantitative estimate of drug-likeness (QED) is 0.0725. The summed E-state index contributed by atoms with van der Waals surface area (Å²) in [5.41, 5.74) is 3.07. The Balaban J connectivity index is 0.000000259. The van der Waals surface area contributed by atoms with Crippen molar-refractivity contribution < 1.29 is 19.2 Å². The average Bonchev–Trinajstić information content (AvgIpc) is 3.53. The van der Waals surface area contributed by atoms with Crippen LogP contribution in [0.1, 0.15) is 45.7 Å². The standard InChI is InChI=1S/C23H26O3.C11H15ClN4O2/c1-16(2)13-20-21(23(20,3)4)22(24)25-15-17-9-8-12-19(14-17)26-18-10-6-5-7-11-18;1-3-15(11(13-2)8-16(17)18)7-9-4-5-10(12)14-6-9/h5-14,20-21H,15H2,1-4H3;4-6,8,13H,3,7H2,1-2H3/b;11-8+. The van der Waals surface area contributed by atoms with Gasteiger partial charge >= 0.3 is 5.97 Å². The van der Waals surface area contributed by atoms with E-state index in [1.807, 2.05) is 72.5 Å². The second kappa shape index (κ2) is 15.9. The number of rotatable bonds is 12. The van der Waals surface area contributed by atoms with Crippen LogP contribution < -0.4 is 10.1 Å². The van der Waals surface area contributed by atoms with Gasteiger partial charge in [0.15, 0.2) is 5.82 Å². The molecule has 0 spiro atoms. The molecule has 2 atom stereocenters. The molecular formula is C34H41ClN4O5. The molecule has 0 amide bonds. The van der Waals surface area contributed by atoms with Crippen LogP contribution in [0.3, 0.4) is 0 Å². The maximum atomic E-state index is 12.5. The molecule has 0 bridgehead atoms. The summed E-state index contributed by atoms with van der Waals surface area (Å²) in [7, 11) is 1.65. The van der Waals surface area contributed by atoms with Gasteiger partial charge in [-0.25, -0.2) is 4.98 Å². The van der Waals surface area contributed by atoms with Gasteiger partial charge in [-0.05, 0) is 73.6 Å². The van der Waals surface area contributed by atoms with Gasteiger partial charge in [0.25, 0.3) is 6.20 Å². The van der Waals surface area contributed by atoms with E-state index in [4.69, 9.17) is 21.1 Å². The van der Waals surface area contributed by atoms with Crippen molar-refractivity contribution in [2.75, 3.05) is 13.6 Å². The van der Waals surface area contributed by atoms with Crippen molar-refractivity contribution in [2.24, 2.45) is 17.3 Å². The molecule has 4 rings (SSSR count). The highest BCUT2D eigenvalue weighted by atomic mass is 35.5. The topological polar surface area (TPSA) is 107 Å². The van der Waals surface area contributed by atoms with E-state index in [0.717, 1.165) is 28.8 Å². The first kappa shape index (κ1) is 34.1. The number of allylic oxidation sites excluding steroid dienone is 2. The Labute approximate surface area is 264 Å². The van der Waals surface area contributed by atoms with Crippen molar-refractivity contribution in [3.05, 3.63) is 123 Å². The van der Waals surface area contributed by atoms with Crippen LogP contribution in [0, 0.1) is 27.4 Å². The third kappa shape index (κ3) is 10.1. The zero-order chi connectivity index (χ0) is 32.3. The van der Waals surface area contributed by atoms with Gasteiger partial charge < -0.3 is 19.7 Å². The zero-order valence-electron chi connectivity index (χ0n) is 26.1. The molecule has 2 aromatic carbocycles. The van der Waals surface area contributed by atoms with Gasteiger partial charge in [0, 0.05) is 26.3 Å². The average molecular weight is 621 g/mol. The number of pyridine rings is 1. The van der Waals surface area contributed by atoms with Crippen LogP contribution in [0.2, 0.25) is 5.15 Å². The summed E-state index contributed by atoms with van der Waals surface area (Å²) in [5.74, 6) is 2.07. The largest absolute Gasteiger partial charge is 0.461 e. The number of carbonyl (C=O) groups excluding carboxylic acids is 1. The van der Waals surface area contributed by atoms with Crippen LogP contribution in [0.25, 0.3) is 0 Å². The van der Waals surface area contributed by atoms with Crippen LogP contribution in [-0.2, 0) is 22.7 Å². The Morgan fingerprint density at radius 2 is 1.80 bits per heavy atom. The van der Waals surface area contributed by atoms with Crippen LogP contribution in [0.4, 0.5) is 0 Å². The first-order valence-corrected chi connectivity index (χ1v) is 14.8. The van der Waals surface area contributed by atoms with Crippen LogP contribution in [0.5, 0.6) is 11.5 Å². The van der Waals surface area contributed by atoms with E-state index in [2.05, 4.69) is 44.1 Å². The number of carbonyl (C=O) groups is 1. The minimum Gasteiger partial charge on any atom is -0.461 e. The summed E-state index contributed by atoms with van der Waals surface area (Å²) in [6.45, 7) is 11.7. The van der Waals surface area contributed by atoms with E-state index in [-0.39, 0.29) is 29.8 Å². The number of aromatic nitrogens is 1. The normalized spacial score (nSPS) is 16.5. The molecule has 1 aromatic heterocycles. The maximum absolute atomic E-state index is 12.5. The zero-order valence-corrected chi connectivity index (χ0v) is 26.9. The first-order valence-electron chi connectivity index (χ1n) is 14.5. The lowest BCUT2D eigenvalue weighted by molar-refractivity contribution is -0.404. The van der Waals surface area contributed by atoms with Crippen molar-refractivity contribution in [3.63, 3.8) is 0 Å². The van der Waals surface area contributed by atoms with Crippen molar-refractivity contribution in [1.82, 2.24) is 15.2 Å². The third-order valence-electron chi connectivity index (χ3n) is 7.30. The van der Waals surface area contributed by atoms with E-state index in [1.54, 1.807) is 19.3 Å². The summed E-state index contributed by atoms with van der Waals surface area (Å²) in [6, 6.07) is 20.8. The minimum absolute atomic E-state index is 0.0212. The molecule has 1 fully saturated rings. The molecule has 1 aliphatic carbocycles. The lowest BCUT2D eigenvalue weighted by atomic mass is 10.1. The second-order valence-corrected chi connectivity index (χ2v) is 11.7. The second-order valence-electron chi connectivity index (χ2n) is 11.3. The van der Waals surface area contributed by atoms with Crippen molar-refractivity contribution in [1.29, 1.82) is 0 Å². The Morgan fingerprint density at radius 3 is 2.39 bits per heavy atom. The Kier molecular flexibility index (Phi) is 12.3. The molecule has 1 aliphatic rings. The Morgan fingerprint density at radius 1 is 1.09 bits per heavy atom. The van der Waals surface area contributed by atoms with E-state index < -0.39 is 4.92 Å². The van der Waals surface area contributed by atoms with Crippen LogP contribution >= 0.6 is 11.6 Å². The highest BCUT2D eigenvalue weighted by Crippen LogP contribution is 2.59. The summed E-state index contributed by atoms with van der Waals surface area (Å²) in [4.78, 5) is 28.3. The number of para-hydroxylation sites is 1. The van der Waals surface area contributed by atoms with Crippen molar-refractivity contribution >= 4 is 17.6 Å². The highest BCUT2D eigenvalue weighted by molar-refractivity contribution is 6.29. The minimum atomic E-state index is -0.478. The number of ether oxygens (including phenoxy) is 2. The molecule has 1 saturated carbocycles. The van der Waals surface area contributed by atoms with Gasteiger partial charge in [0.1, 0.15) is 23.3 Å².